The first kappa shape index (κ1) is 31.4. The molecule has 1 atom stereocenters. The number of rotatable bonds is 8. The van der Waals surface area contributed by atoms with Gasteiger partial charge in [-0.05, 0) is 55.8 Å². The number of ketones is 1. The summed E-state index contributed by atoms with van der Waals surface area (Å²) in [5.74, 6) is -4.38. The molecule has 3 N–H and O–H groups in total. The summed E-state index contributed by atoms with van der Waals surface area (Å²) in [6.45, 7) is 4.67. The quantitative estimate of drug-likeness (QED) is 0.206. The number of aryl methyl sites for hydroxylation is 2. The van der Waals surface area contributed by atoms with Gasteiger partial charge in [-0.15, -0.1) is 0 Å². The van der Waals surface area contributed by atoms with Crippen molar-refractivity contribution in [1.29, 1.82) is 0 Å². The van der Waals surface area contributed by atoms with E-state index in [-0.39, 0.29) is 50.9 Å². The van der Waals surface area contributed by atoms with Crippen LogP contribution in [0.1, 0.15) is 40.5 Å². The maximum Gasteiger partial charge on any atom is 0.272 e. The predicted molar refractivity (Wildman–Crippen MR) is 171 cm³/mol. The Morgan fingerprint density at radius 1 is 1.06 bits per heavy atom. The molecule has 2 aromatic carbocycles. The highest BCUT2D eigenvalue weighted by Gasteiger charge is 2.31. The van der Waals surface area contributed by atoms with Crippen LogP contribution in [0.4, 0.5) is 20.3 Å². The Balaban J connectivity index is 1.44. The number of benzene rings is 2. The zero-order valence-corrected chi connectivity index (χ0v) is 26.2. The molecule has 11 nitrogen and oxygen atoms in total. The van der Waals surface area contributed by atoms with Crippen LogP contribution in [0.2, 0.25) is 0 Å². The number of nitrogens with zero attached hydrogens (tertiary/aromatic N) is 4. The molecule has 0 fully saturated rings. The SMILES string of the molecule is CC(=O)Nc1cc2c(cc1F)cc(C(=O)c1cnn(-c3cnc(OC4(F)C=CC=CC4)cc3C)c1N)n2S(=O)(=O)c1ccc(C)cc1. The van der Waals surface area contributed by atoms with Crippen LogP contribution in [-0.2, 0) is 14.8 Å². The van der Waals surface area contributed by atoms with Gasteiger partial charge in [0.2, 0.25) is 17.6 Å². The Hall–Kier alpha value is -5.63. The molecule has 1 aliphatic carbocycles. The summed E-state index contributed by atoms with van der Waals surface area (Å²) >= 11 is 0. The zero-order valence-electron chi connectivity index (χ0n) is 25.4. The molecule has 5 aromatic rings. The summed E-state index contributed by atoms with van der Waals surface area (Å²) in [4.78, 5) is 29.9. The maximum atomic E-state index is 15.0. The minimum atomic E-state index is -4.44. The molecule has 1 unspecified atom stereocenters. The van der Waals surface area contributed by atoms with E-state index in [1.807, 2.05) is 0 Å². The summed E-state index contributed by atoms with van der Waals surface area (Å²) in [5.41, 5.74) is 7.33. The van der Waals surface area contributed by atoms with Gasteiger partial charge in [-0.25, -0.2) is 26.4 Å². The third kappa shape index (κ3) is 5.78. The topological polar surface area (TPSA) is 151 Å². The smallest absolute Gasteiger partial charge is 0.272 e. The number of carbonyl (C=O) groups excluding carboxylic acids is 2. The Labute approximate surface area is 268 Å². The average molecular weight is 659 g/mol. The molecule has 240 valence electrons. The number of alkyl halides is 1. The summed E-state index contributed by atoms with van der Waals surface area (Å²) < 4.78 is 65.6. The van der Waals surface area contributed by atoms with Crippen molar-refractivity contribution in [3.63, 3.8) is 0 Å². The largest absolute Gasteiger partial charge is 0.437 e. The minimum Gasteiger partial charge on any atom is -0.437 e. The van der Waals surface area contributed by atoms with Crippen molar-refractivity contribution in [1.82, 2.24) is 18.7 Å². The lowest BCUT2D eigenvalue weighted by molar-refractivity contribution is -0.114. The number of halogens is 2. The molecule has 1 amide bonds. The zero-order chi connectivity index (χ0) is 33.7. The predicted octanol–water partition coefficient (Wildman–Crippen LogP) is 5.55. The number of nitrogens with one attached hydrogen (secondary N) is 1. The molecular weight excluding hydrogens is 630 g/mol. The van der Waals surface area contributed by atoms with Crippen molar-refractivity contribution in [2.45, 2.75) is 37.9 Å². The first-order chi connectivity index (χ1) is 22.3. The maximum absolute atomic E-state index is 15.0. The van der Waals surface area contributed by atoms with E-state index in [9.17, 15) is 26.8 Å². The second-order valence-corrected chi connectivity index (χ2v) is 12.8. The van der Waals surface area contributed by atoms with Gasteiger partial charge >= 0.3 is 0 Å². The molecule has 0 radical (unpaired) electrons. The van der Waals surface area contributed by atoms with Gasteiger partial charge < -0.3 is 15.8 Å². The Morgan fingerprint density at radius 3 is 2.47 bits per heavy atom. The molecule has 3 aromatic heterocycles. The molecule has 0 aliphatic heterocycles. The van der Waals surface area contributed by atoms with Gasteiger partial charge in [-0.3, -0.25) is 9.59 Å². The molecule has 6 rings (SSSR count). The number of pyridine rings is 1. The van der Waals surface area contributed by atoms with E-state index in [0.717, 1.165) is 21.7 Å². The number of hydrogen-bond donors (Lipinski definition) is 2. The second-order valence-electron chi connectivity index (χ2n) is 11.1. The number of carbonyl (C=O) groups is 2. The summed E-state index contributed by atoms with van der Waals surface area (Å²) in [6, 6.07) is 10.9. The summed E-state index contributed by atoms with van der Waals surface area (Å²) in [7, 11) is -4.44. The van der Waals surface area contributed by atoms with E-state index in [0.29, 0.717) is 11.3 Å². The molecule has 0 saturated heterocycles. The number of nitrogen functional groups attached to an aromatic ring is 1. The highest BCUT2D eigenvalue weighted by molar-refractivity contribution is 7.90. The number of aromatic nitrogens is 4. The van der Waals surface area contributed by atoms with Crippen LogP contribution >= 0.6 is 0 Å². The lowest BCUT2D eigenvalue weighted by Crippen LogP contribution is -2.28. The fourth-order valence-corrected chi connectivity index (χ4v) is 6.71. The van der Waals surface area contributed by atoms with Gasteiger partial charge in [0.15, 0.2) is 0 Å². The number of ether oxygens (including phenoxy) is 1. The highest BCUT2D eigenvalue weighted by Crippen LogP contribution is 2.33. The fraction of sp³-hybridized carbons (Fsp3) is 0.152. The third-order valence-electron chi connectivity index (χ3n) is 7.55. The number of amides is 1. The fourth-order valence-electron chi connectivity index (χ4n) is 5.21. The number of fused-ring (bicyclic) bond motifs is 1. The molecule has 47 heavy (non-hydrogen) atoms. The normalized spacial score (nSPS) is 16.0. The standard InChI is InChI=1S/C33H28F2N6O5S/c1-19-7-9-23(10-8-19)47(44,45)41-27-16-26(39-21(3)42)25(34)14-22(27)15-28(41)31(43)24-17-38-40(32(24)36)29-18-37-30(13-20(29)2)46-33(35)11-5-4-6-12-33/h4-11,13-18H,12,36H2,1-3H3,(H,39,42). The van der Waals surface area contributed by atoms with Crippen LogP contribution in [0.15, 0.2) is 90.1 Å². The molecule has 3 heterocycles. The molecular formula is C33H28F2N6O5S. The second kappa shape index (κ2) is 11.6. The minimum absolute atomic E-state index is 0.0150. The van der Waals surface area contributed by atoms with Crippen molar-refractivity contribution in [3.05, 3.63) is 113 Å². The van der Waals surface area contributed by atoms with Crippen LogP contribution in [0.5, 0.6) is 5.88 Å². The number of anilines is 2. The molecule has 0 bridgehead atoms. The third-order valence-corrected chi connectivity index (χ3v) is 9.29. The van der Waals surface area contributed by atoms with Crippen LogP contribution in [-0.4, -0.2) is 44.7 Å². The first-order valence-corrected chi connectivity index (χ1v) is 15.7. The Morgan fingerprint density at radius 2 is 1.81 bits per heavy atom. The van der Waals surface area contributed by atoms with E-state index in [4.69, 9.17) is 10.5 Å². The van der Waals surface area contributed by atoms with E-state index < -0.39 is 33.4 Å². The van der Waals surface area contributed by atoms with Crippen LogP contribution < -0.4 is 15.8 Å². The Bertz CT molecular complexity index is 2260. The van der Waals surface area contributed by atoms with Crippen LogP contribution in [0.25, 0.3) is 16.6 Å². The summed E-state index contributed by atoms with van der Waals surface area (Å²) in [5, 5.41) is 6.69. The molecule has 14 heteroatoms. The van der Waals surface area contributed by atoms with Gasteiger partial charge in [0.1, 0.15) is 17.3 Å². The molecule has 1 aliphatic rings. The monoisotopic (exact) mass is 658 g/mol. The number of nitrogens with two attached hydrogens (primary N) is 1. The van der Waals surface area contributed by atoms with Crippen LogP contribution in [0, 0.1) is 19.7 Å². The van der Waals surface area contributed by atoms with Crippen molar-refractivity contribution in [3.8, 4) is 11.6 Å². The highest BCUT2D eigenvalue weighted by atomic mass is 32.2. The van der Waals surface area contributed by atoms with Gasteiger partial charge in [0.25, 0.3) is 15.9 Å². The summed E-state index contributed by atoms with van der Waals surface area (Å²) in [6.07, 6.45) is 8.73. The van der Waals surface area contributed by atoms with Crippen molar-refractivity contribution >= 4 is 44.1 Å². The lowest BCUT2D eigenvalue weighted by atomic mass is 10.1. The van der Waals surface area contributed by atoms with Crippen molar-refractivity contribution in [2.24, 2.45) is 0 Å². The van der Waals surface area contributed by atoms with E-state index in [1.165, 1.54) is 60.4 Å². The van der Waals surface area contributed by atoms with Gasteiger partial charge in [0.05, 0.1) is 39.7 Å². The van der Waals surface area contributed by atoms with E-state index >= 15 is 0 Å². The molecule has 0 spiro atoms. The van der Waals surface area contributed by atoms with E-state index in [1.54, 1.807) is 38.1 Å². The Kier molecular flexibility index (Phi) is 7.76. The van der Waals surface area contributed by atoms with E-state index in [2.05, 4.69) is 15.4 Å². The van der Waals surface area contributed by atoms with Crippen LogP contribution in [0.3, 0.4) is 0 Å². The first-order valence-electron chi connectivity index (χ1n) is 14.3. The van der Waals surface area contributed by atoms with Gasteiger partial charge in [0, 0.05) is 24.8 Å². The van der Waals surface area contributed by atoms with Gasteiger partial charge in [-0.1, -0.05) is 35.9 Å². The van der Waals surface area contributed by atoms with Crippen molar-refractivity contribution in [2.75, 3.05) is 11.1 Å². The van der Waals surface area contributed by atoms with Crippen molar-refractivity contribution < 1.29 is 31.5 Å². The average Bonchev–Trinajstić information content (AvgIpc) is 3.58. The lowest BCUT2D eigenvalue weighted by Gasteiger charge is -2.23. The number of hydrogen-bond acceptors (Lipinski definition) is 8. The van der Waals surface area contributed by atoms with Gasteiger partial charge in [-0.2, -0.15) is 9.49 Å². The molecule has 0 saturated carbocycles. The number of allylic oxidation sites excluding steroid dienone is 2.